The standard InChI is InChI=1S/C27H30N6O3/c1-35-26(34)13-25(20-11-18(14-28)15-29-16-20)33-24-7-6-23(12-21(24)17-31-33)36-10-8-22-5-4-19-3-2-9-30-27(19)32-22/h4-7,11-12,15-17,25H,2-3,8-10,13-14,28H2,1H3,(H,30,32). The summed E-state index contributed by atoms with van der Waals surface area (Å²) >= 11 is 0. The minimum Gasteiger partial charge on any atom is -0.493 e. The van der Waals surface area contributed by atoms with Gasteiger partial charge in [0.15, 0.2) is 0 Å². The van der Waals surface area contributed by atoms with Crippen molar-refractivity contribution in [2.24, 2.45) is 5.73 Å². The van der Waals surface area contributed by atoms with Gasteiger partial charge in [-0.1, -0.05) is 6.07 Å². The minimum absolute atomic E-state index is 0.129. The third kappa shape index (κ3) is 5.16. The first-order chi connectivity index (χ1) is 17.6. The molecule has 0 amide bonds. The van der Waals surface area contributed by atoms with E-state index in [1.807, 2.05) is 28.9 Å². The third-order valence-electron chi connectivity index (χ3n) is 6.47. The fraction of sp³-hybridized carbons (Fsp3) is 0.333. The van der Waals surface area contributed by atoms with Crippen molar-refractivity contribution in [3.8, 4) is 5.75 Å². The number of nitrogens with two attached hydrogens (primary N) is 1. The second-order valence-corrected chi connectivity index (χ2v) is 8.88. The fourth-order valence-electron chi connectivity index (χ4n) is 4.54. The van der Waals surface area contributed by atoms with Gasteiger partial charge in [0, 0.05) is 43.0 Å². The summed E-state index contributed by atoms with van der Waals surface area (Å²) in [6.07, 6.45) is 8.32. The van der Waals surface area contributed by atoms with Crippen LogP contribution in [0.5, 0.6) is 5.75 Å². The maximum atomic E-state index is 12.2. The molecule has 1 aromatic carbocycles. The molecule has 0 spiro atoms. The average Bonchev–Trinajstić information content (AvgIpc) is 3.34. The Labute approximate surface area is 209 Å². The normalized spacial score (nSPS) is 13.6. The molecule has 0 saturated carbocycles. The zero-order valence-electron chi connectivity index (χ0n) is 20.3. The molecule has 3 N–H and O–H groups in total. The Kier molecular flexibility index (Phi) is 7.08. The van der Waals surface area contributed by atoms with Crippen LogP contribution in [-0.2, 0) is 28.9 Å². The van der Waals surface area contributed by atoms with Crippen LogP contribution in [0.25, 0.3) is 10.9 Å². The highest BCUT2D eigenvalue weighted by Crippen LogP contribution is 2.29. The van der Waals surface area contributed by atoms with Crippen LogP contribution in [0.3, 0.4) is 0 Å². The first-order valence-corrected chi connectivity index (χ1v) is 12.2. The van der Waals surface area contributed by atoms with Gasteiger partial charge in [-0.3, -0.25) is 14.5 Å². The number of benzene rings is 1. The topological polar surface area (TPSA) is 117 Å². The van der Waals surface area contributed by atoms with Crippen LogP contribution >= 0.6 is 0 Å². The van der Waals surface area contributed by atoms with E-state index in [0.29, 0.717) is 13.2 Å². The summed E-state index contributed by atoms with van der Waals surface area (Å²) in [7, 11) is 1.38. The Morgan fingerprint density at radius 1 is 1.19 bits per heavy atom. The van der Waals surface area contributed by atoms with Gasteiger partial charge in [-0.15, -0.1) is 0 Å². The number of hydrogen-bond acceptors (Lipinski definition) is 8. The molecule has 9 heteroatoms. The molecule has 1 aliphatic heterocycles. The van der Waals surface area contributed by atoms with E-state index in [9.17, 15) is 4.79 Å². The molecule has 9 nitrogen and oxygen atoms in total. The van der Waals surface area contributed by atoms with Gasteiger partial charge in [0.05, 0.1) is 37.9 Å². The summed E-state index contributed by atoms with van der Waals surface area (Å²) in [6, 6.07) is 11.7. The van der Waals surface area contributed by atoms with Gasteiger partial charge >= 0.3 is 5.97 Å². The molecule has 5 rings (SSSR count). The predicted octanol–water partition coefficient (Wildman–Crippen LogP) is 3.42. The van der Waals surface area contributed by atoms with Gasteiger partial charge in [-0.2, -0.15) is 5.10 Å². The maximum absolute atomic E-state index is 12.2. The highest BCUT2D eigenvalue weighted by atomic mass is 16.5. The first kappa shape index (κ1) is 23.7. The van der Waals surface area contributed by atoms with Gasteiger partial charge in [0.1, 0.15) is 11.6 Å². The number of nitrogens with one attached hydrogen (secondary N) is 1. The first-order valence-electron chi connectivity index (χ1n) is 12.2. The number of carbonyl (C=O) groups excluding carboxylic acids is 1. The lowest BCUT2D eigenvalue weighted by atomic mass is 10.0. The largest absolute Gasteiger partial charge is 0.493 e. The molecule has 4 aromatic rings. The minimum atomic E-state index is -0.371. The predicted molar refractivity (Wildman–Crippen MR) is 137 cm³/mol. The highest BCUT2D eigenvalue weighted by molar-refractivity contribution is 5.81. The number of esters is 1. The summed E-state index contributed by atoms with van der Waals surface area (Å²) < 4.78 is 12.8. The molecule has 4 heterocycles. The summed E-state index contributed by atoms with van der Waals surface area (Å²) in [6.45, 7) is 1.86. The zero-order valence-corrected chi connectivity index (χ0v) is 20.3. The number of hydrogen-bond donors (Lipinski definition) is 2. The molecular formula is C27H30N6O3. The average molecular weight is 487 g/mol. The van der Waals surface area contributed by atoms with Crippen molar-refractivity contribution in [2.75, 3.05) is 25.6 Å². The van der Waals surface area contributed by atoms with Gasteiger partial charge in [0.25, 0.3) is 0 Å². The van der Waals surface area contributed by atoms with Gasteiger partial charge < -0.3 is 20.5 Å². The van der Waals surface area contributed by atoms with Gasteiger partial charge in [0.2, 0.25) is 0 Å². The lowest BCUT2D eigenvalue weighted by Gasteiger charge is -2.19. The molecule has 36 heavy (non-hydrogen) atoms. The van der Waals surface area contributed by atoms with Crippen LogP contribution in [0.4, 0.5) is 5.82 Å². The van der Waals surface area contributed by atoms with Crippen LogP contribution in [0.15, 0.2) is 55.0 Å². The quantitative estimate of drug-likeness (QED) is 0.346. The number of nitrogens with zero attached hydrogens (tertiary/aromatic N) is 4. The number of pyridine rings is 2. The molecule has 0 saturated heterocycles. The molecular weight excluding hydrogens is 456 g/mol. The van der Waals surface area contributed by atoms with Crippen molar-refractivity contribution in [3.05, 3.63) is 77.4 Å². The van der Waals surface area contributed by atoms with Crippen LogP contribution < -0.4 is 15.8 Å². The molecule has 1 aliphatic rings. The van der Waals surface area contributed by atoms with Crippen molar-refractivity contribution in [1.29, 1.82) is 0 Å². The Bertz CT molecular complexity index is 1370. The van der Waals surface area contributed by atoms with Crippen LogP contribution in [0.1, 0.15) is 41.3 Å². The third-order valence-corrected chi connectivity index (χ3v) is 6.47. The van der Waals surface area contributed by atoms with Crippen molar-refractivity contribution in [3.63, 3.8) is 0 Å². The molecule has 186 valence electrons. The van der Waals surface area contributed by atoms with Gasteiger partial charge in [-0.05, 0) is 59.9 Å². The van der Waals surface area contributed by atoms with E-state index in [2.05, 4.69) is 27.5 Å². The Morgan fingerprint density at radius 2 is 2.11 bits per heavy atom. The van der Waals surface area contributed by atoms with E-state index in [4.69, 9.17) is 20.2 Å². The lowest BCUT2D eigenvalue weighted by molar-refractivity contribution is -0.141. The lowest BCUT2D eigenvalue weighted by Crippen LogP contribution is -2.18. The van der Waals surface area contributed by atoms with E-state index in [0.717, 1.165) is 65.1 Å². The Balaban J connectivity index is 1.32. The number of carbonyl (C=O) groups is 1. The number of aromatic nitrogens is 4. The summed E-state index contributed by atoms with van der Waals surface area (Å²) in [5, 5.41) is 8.90. The Morgan fingerprint density at radius 3 is 2.97 bits per heavy atom. The Hall–Kier alpha value is -3.98. The molecule has 0 fully saturated rings. The van der Waals surface area contributed by atoms with E-state index in [1.165, 1.54) is 12.7 Å². The smallest absolute Gasteiger partial charge is 0.308 e. The highest BCUT2D eigenvalue weighted by Gasteiger charge is 2.22. The number of methoxy groups -OCH3 is 1. The zero-order chi connectivity index (χ0) is 24.9. The molecule has 3 aromatic heterocycles. The van der Waals surface area contributed by atoms with E-state index in [1.54, 1.807) is 18.6 Å². The molecule has 0 radical (unpaired) electrons. The monoisotopic (exact) mass is 486 g/mol. The molecule has 1 unspecified atom stereocenters. The van der Waals surface area contributed by atoms with E-state index in [-0.39, 0.29) is 18.4 Å². The van der Waals surface area contributed by atoms with Crippen LogP contribution in [0, 0.1) is 0 Å². The fourth-order valence-corrected chi connectivity index (χ4v) is 4.54. The second-order valence-electron chi connectivity index (χ2n) is 8.88. The number of ether oxygens (including phenoxy) is 2. The number of rotatable bonds is 9. The van der Waals surface area contributed by atoms with Crippen molar-refractivity contribution in [1.82, 2.24) is 19.7 Å². The van der Waals surface area contributed by atoms with Crippen LogP contribution in [-0.4, -0.2) is 46.0 Å². The summed E-state index contributed by atoms with van der Waals surface area (Å²) in [5.41, 5.74) is 10.7. The van der Waals surface area contributed by atoms with Crippen molar-refractivity contribution < 1.29 is 14.3 Å². The SMILES string of the molecule is COC(=O)CC(c1cncc(CN)c1)n1ncc2cc(OCCc3ccc4c(n3)NCCC4)ccc21. The molecule has 1 atom stereocenters. The summed E-state index contributed by atoms with van der Waals surface area (Å²) in [4.78, 5) is 21.2. The molecule has 0 bridgehead atoms. The van der Waals surface area contributed by atoms with Crippen LogP contribution in [0.2, 0.25) is 0 Å². The van der Waals surface area contributed by atoms with E-state index >= 15 is 0 Å². The maximum Gasteiger partial charge on any atom is 0.308 e. The number of fused-ring (bicyclic) bond motifs is 2. The van der Waals surface area contributed by atoms with Crippen molar-refractivity contribution in [2.45, 2.75) is 38.3 Å². The number of aryl methyl sites for hydroxylation is 1. The molecule has 0 aliphatic carbocycles. The second kappa shape index (κ2) is 10.7. The number of anilines is 1. The van der Waals surface area contributed by atoms with Crippen molar-refractivity contribution >= 4 is 22.7 Å². The summed E-state index contributed by atoms with van der Waals surface area (Å²) in [5.74, 6) is 1.43. The van der Waals surface area contributed by atoms with E-state index < -0.39 is 0 Å². The van der Waals surface area contributed by atoms with Gasteiger partial charge in [-0.25, -0.2) is 4.98 Å².